The number of nitrogens with one attached hydrogen (secondary N) is 1. The van der Waals surface area contributed by atoms with Crippen LogP contribution in [0.3, 0.4) is 0 Å². The first-order valence-electron chi connectivity index (χ1n) is 8.41. The Morgan fingerprint density at radius 1 is 1.00 bits per heavy atom. The summed E-state index contributed by atoms with van der Waals surface area (Å²) in [6.07, 6.45) is 8.00. The molecule has 110 valence electrons. The summed E-state index contributed by atoms with van der Waals surface area (Å²) in [7, 11) is 0. The molecular formula is C18H28N2. The van der Waals surface area contributed by atoms with Gasteiger partial charge in [0.2, 0.25) is 0 Å². The van der Waals surface area contributed by atoms with Crippen LogP contribution in [-0.2, 0) is 12.8 Å². The molecule has 2 saturated heterocycles. The minimum absolute atomic E-state index is 0.846. The lowest BCUT2D eigenvalue weighted by atomic mass is 9.92. The van der Waals surface area contributed by atoms with Crippen LogP contribution in [0.2, 0.25) is 0 Å². The van der Waals surface area contributed by atoms with Gasteiger partial charge in [0.05, 0.1) is 0 Å². The van der Waals surface area contributed by atoms with E-state index in [0.29, 0.717) is 0 Å². The van der Waals surface area contributed by atoms with Gasteiger partial charge in [-0.15, -0.1) is 0 Å². The van der Waals surface area contributed by atoms with Crippen LogP contribution >= 0.6 is 0 Å². The van der Waals surface area contributed by atoms with Gasteiger partial charge in [-0.05, 0) is 81.7 Å². The first kappa shape index (κ1) is 14.1. The zero-order chi connectivity index (χ0) is 13.6. The van der Waals surface area contributed by atoms with Crippen molar-refractivity contribution in [2.75, 3.05) is 32.7 Å². The Kier molecular flexibility index (Phi) is 5.10. The Hall–Kier alpha value is -0.860. The van der Waals surface area contributed by atoms with Gasteiger partial charge in [-0.3, -0.25) is 0 Å². The number of hydrogen-bond donors (Lipinski definition) is 1. The van der Waals surface area contributed by atoms with E-state index in [-0.39, 0.29) is 0 Å². The zero-order valence-corrected chi connectivity index (χ0v) is 12.6. The average Bonchev–Trinajstić information content (AvgIpc) is 3.01. The molecule has 0 spiro atoms. The molecule has 0 aromatic heterocycles. The highest BCUT2D eigenvalue weighted by Gasteiger charge is 2.13. The summed E-state index contributed by atoms with van der Waals surface area (Å²) >= 11 is 0. The Morgan fingerprint density at radius 2 is 1.75 bits per heavy atom. The molecule has 0 bridgehead atoms. The zero-order valence-electron chi connectivity index (χ0n) is 12.6. The van der Waals surface area contributed by atoms with Crippen molar-refractivity contribution in [1.82, 2.24) is 10.2 Å². The van der Waals surface area contributed by atoms with Crippen molar-refractivity contribution in [2.45, 2.75) is 38.5 Å². The van der Waals surface area contributed by atoms with Crippen LogP contribution in [-0.4, -0.2) is 37.6 Å². The molecule has 0 amide bonds. The van der Waals surface area contributed by atoms with Gasteiger partial charge in [-0.25, -0.2) is 0 Å². The maximum absolute atomic E-state index is 3.51. The number of rotatable bonds is 5. The molecule has 0 saturated carbocycles. The fraction of sp³-hybridized carbons (Fsp3) is 0.667. The number of nitrogens with zero attached hydrogens (tertiary/aromatic N) is 1. The fourth-order valence-electron chi connectivity index (χ4n) is 3.57. The average molecular weight is 272 g/mol. The highest BCUT2D eigenvalue weighted by molar-refractivity contribution is 5.23. The highest BCUT2D eigenvalue weighted by atomic mass is 15.1. The highest BCUT2D eigenvalue weighted by Crippen LogP contribution is 2.17. The minimum Gasteiger partial charge on any atom is -0.316 e. The van der Waals surface area contributed by atoms with Crippen LogP contribution in [0.5, 0.6) is 0 Å². The van der Waals surface area contributed by atoms with Gasteiger partial charge in [0.1, 0.15) is 0 Å². The van der Waals surface area contributed by atoms with Crippen LogP contribution in [0.25, 0.3) is 0 Å². The van der Waals surface area contributed by atoms with Crippen molar-refractivity contribution in [3.05, 3.63) is 35.4 Å². The van der Waals surface area contributed by atoms with E-state index < -0.39 is 0 Å². The van der Waals surface area contributed by atoms with Crippen molar-refractivity contribution in [3.63, 3.8) is 0 Å². The predicted molar refractivity (Wildman–Crippen MR) is 85.1 cm³/mol. The first-order valence-corrected chi connectivity index (χ1v) is 8.41. The molecule has 1 N–H and O–H groups in total. The Balaban J connectivity index is 1.46. The molecule has 2 nitrogen and oxygen atoms in total. The minimum atomic E-state index is 0.846. The van der Waals surface area contributed by atoms with Gasteiger partial charge in [0, 0.05) is 6.54 Å². The lowest BCUT2D eigenvalue weighted by Gasteiger charge is -2.22. The molecule has 1 aromatic carbocycles. The molecule has 2 aliphatic heterocycles. The number of piperidine rings is 1. The smallest absolute Gasteiger partial charge is 0.00218 e. The Morgan fingerprint density at radius 3 is 2.45 bits per heavy atom. The van der Waals surface area contributed by atoms with Gasteiger partial charge in [0.15, 0.2) is 0 Å². The van der Waals surface area contributed by atoms with E-state index in [1.807, 2.05) is 0 Å². The van der Waals surface area contributed by atoms with Crippen LogP contribution < -0.4 is 5.32 Å². The van der Waals surface area contributed by atoms with Crippen LogP contribution in [0.15, 0.2) is 24.3 Å². The molecule has 1 atom stereocenters. The van der Waals surface area contributed by atoms with Crippen molar-refractivity contribution >= 4 is 0 Å². The molecule has 3 rings (SSSR count). The molecule has 0 radical (unpaired) electrons. The summed E-state index contributed by atoms with van der Waals surface area (Å²) in [6.45, 7) is 6.29. The number of benzene rings is 1. The van der Waals surface area contributed by atoms with Crippen LogP contribution in [0, 0.1) is 5.92 Å². The summed E-state index contributed by atoms with van der Waals surface area (Å²) < 4.78 is 0. The van der Waals surface area contributed by atoms with Gasteiger partial charge in [0.25, 0.3) is 0 Å². The second kappa shape index (κ2) is 7.24. The van der Waals surface area contributed by atoms with Gasteiger partial charge in [-0.1, -0.05) is 24.3 Å². The SMILES string of the molecule is c1cc(CC2CCCNC2)ccc1CCN1CCCC1. The van der Waals surface area contributed by atoms with E-state index in [4.69, 9.17) is 0 Å². The van der Waals surface area contributed by atoms with Crippen LogP contribution in [0.1, 0.15) is 36.8 Å². The van der Waals surface area contributed by atoms with Crippen molar-refractivity contribution < 1.29 is 0 Å². The molecule has 2 heterocycles. The third kappa shape index (κ3) is 4.07. The van der Waals surface area contributed by atoms with E-state index in [1.54, 1.807) is 0 Å². The topological polar surface area (TPSA) is 15.3 Å². The predicted octanol–water partition coefficient (Wildman–Crippen LogP) is 2.87. The molecule has 0 aliphatic carbocycles. The molecular weight excluding hydrogens is 244 g/mol. The second-order valence-electron chi connectivity index (χ2n) is 6.53. The molecule has 1 aromatic rings. The van der Waals surface area contributed by atoms with E-state index in [0.717, 1.165) is 5.92 Å². The van der Waals surface area contributed by atoms with Gasteiger partial charge < -0.3 is 10.2 Å². The monoisotopic (exact) mass is 272 g/mol. The summed E-state index contributed by atoms with van der Waals surface area (Å²) in [5.41, 5.74) is 3.02. The fourth-order valence-corrected chi connectivity index (χ4v) is 3.57. The summed E-state index contributed by atoms with van der Waals surface area (Å²) in [6, 6.07) is 9.41. The lowest BCUT2D eigenvalue weighted by molar-refractivity contribution is 0.343. The molecule has 2 aliphatic rings. The molecule has 20 heavy (non-hydrogen) atoms. The quantitative estimate of drug-likeness (QED) is 0.886. The van der Waals surface area contributed by atoms with Gasteiger partial charge in [-0.2, -0.15) is 0 Å². The van der Waals surface area contributed by atoms with E-state index in [2.05, 4.69) is 34.5 Å². The number of likely N-dealkylation sites (tertiary alicyclic amines) is 1. The third-order valence-electron chi connectivity index (χ3n) is 4.86. The van der Waals surface area contributed by atoms with E-state index in [9.17, 15) is 0 Å². The van der Waals surface area contributed by atoms with Gasteiger partial charge >= 0.3 is 0 Å². The largest absolute Gasteiger partial charge is 0.316 e. The first-order chi connectivity index (χ1) is 9.90. The molecule has 2 heteroatoms. The number of hydrogen-bond acceptors (Lipinski definition) is 2. The second-order valence-corrected chi connectivity index (χ2v) is 6.53. The summed E-state index contributed by atoms with van der Waals surface area (Å²) in [5, 5.41) is 3.51. The molecule has 1 unspecified atom stereocenters. The summed E-state index contributed by atoms with van der Waals surface area (Å²) in [5.74, 6) is 0.846. The van der Waals surface area contributed by atoms with Crippen molar-refractivity contribution in [1.29, 1.82) is 0 Å². The summed E-state index contributed by atoms with van der Waals surface area (Å²) in [4.78, 5) is 2.60. The standard InChI is InChI=1S/C18H28N2/c1-2-12-20(11-1)13-9-16-5-7-17(8-6-16)14-18-4-3-10-19-15-18/h5-8,18-19H,1-4,9-15H2. The van der Waals surface area contributed by atoms with E-state index in [1.165, 1.54) is 82.4 Å². The maximum Gasteiger partial charge on any atom is 0.00218 e. The maximum atomic E-state index is 3.51. The van der Waals surface area contributed by atoms with Crippen molar-refractivity contribution in [3.8, 4) is 0 Å². The van der Waals surface area contributed by atoms with Crippen molar-refractivity contribution in [2.24, 2.45) is 5.92 Å². The Bertz CT molecular complexity index is 386. The Labute approximate surface area is 123 Å². The van der Waals surface area contributed by atoms with Crippen LogP contribution in [0.4, 0.5) is 0 Å². The normalized spacial score (nSPS) is 24.1. The third-order valence-corrected chi connectivity index (χ3v) is 4.86. The lowest BCUT2D eigenvalue weighted by Crippen LogP contribution is -2.30. The van der Waals surface area contributed by atoms with E-state index >= 15 is 0 Å². The molecule has 2 fully saturated rings.